The third-order valence-corrected chi connectivity index (χ3v) is 3.35. The van der Waals surface area contributed by atoms with Crippen molar-refractivity contribution >= 4 is 5.97 Å². The van der Waals surface area contributed by atoms with Gasteiger partial charge < -0.3 is 4.74 Å². The molecule has 0 amide bonds. The molecular formula is C19H20O2. The summed E-state index contributed by atoms with van der Waals surface area (Å²) in [5, 5.41) is 0. The zero-order valence-corrected chi connectivity index (χ0v) is 12.3. The number of carbonyl (C=O) groups is 1. The van der Waals surface area contributed by atoms with Crippen LogP contribution in [0.15, 0.2) is 61.2 Å². The number of hydrogen-bond donors (Lipinski definition) is 0. The van der Waals surface area contributed by atoms with Crippen molar-refractivity contribution in [1.29, 1.82) is 0 Å². The quantitative estimate of drug-likeness (QED) is 0.432. The van der Waals surface area contributed by atoms with Crippen LogP contribution < -0.4 is 4.74 Å². The highest BCUT2D eigenvalue weighted by molar-refractivity contribution is 5.83. The number of aryl methyl sites for hydroxylation is 1. The first-order valence-electron chi connectivity index (χ1n) is 7.26. The normalized spacial score (nSPS) is 10.1. The molecule has 2 rings (SSSR count). The van der Waals surface area contributed by atoms with Crippen molar-refractivity contribution in [2.45, 2.75) is 26.2 Å². The number of rotatable bonds is 6. The minimum Gasteiger partial charge on any atom is -0.423 e. The van der Waals surface area contributed by atoms with Crippen LogP contribution in [0.4, 0.5) is 0 Å². The van der Waals surface area contributed by atoms with Crippen LogP contribution >= 0.6 is 0 Å². The molecule has 0 fully saturated rings. The molecule has 0 aromatic heterocycles. The molecule has 21 heavy (non-hydrogen) atoms. The van der Waals surface area contributed by atoms with Crippen molar-refractivity contribution in [3.05, 3.63) is 66.7 Å². The summed E-state index contributed by atoms with van der Waals surface area (Å²) in [6, 6.07) is 16.1. The van der Waals surface area contributed by atoms with E-state index in [4.69, 9.17) is 4.74 Å². The number of hydrogen-bond acceptors (Lipinski definition) is 2. The molecule has 0 saturated heterocycles. The molecular weight excluding hydrogens is 260 g/mol. The van der Waals surface area contributed by atoms with E-state index in [1.807, 2.05) is 12.1 Å². The largest absolute Gasteiger partial charge is 0.423 e. The van der Waals surface area contributed by atoms with Crippen LogP contribution in [-0.4, -0.2) is 5.97 Å². The van der Waals surface area contributed by atoms with Crippen molar-refractivity contribution in [2.75, 3.05) is 0 Å². The first kappa shape index (κ1) is 15.0. The molecule has 108 valence electrons. The van der Waals surface area contributed by atoms with Gasteiger partial charge in [-0.1, -0.05) is 56.3 Å². The fraction of sp³-hybridized carbons (Fsp3) is 0.211. The van der Waals surface area contributed by atoms with Crippen LogP contribution in [-0.2, 0) is 11.2 Å². The first-order valence-corrected chi connectivity index (χ1v) is 7.26. The Balaban J connectivity index is 2.07. The molecule has 0 N–H and O–H groups in total. The number of benzene rings is 2. The van der Waals surface area contributed by atoms with E-state index in [1.54, 1.807) is 12.1 Å². The lowest BCUT2D eigenvalue weighted by Crippen LogP contribution is -2.02. The standard InChI is InChI=1S/C19H20O2/c1-3-5-6-15-7-9-16(10-8-15)17-11-13-18(14-12-17)21-19(20)4-2/h4,7-14H,2-3,5-6H2,1H3. The van der Waals surface area contributed by atoms with E-state index in [9.17, 15) is 4.79 Å². The summed E-state index contributed by atoms with van der Waals surface area (Å²) in [4.78, 5) is 11.1. The maximum absolute atomic E-state index is 11.1. The smallest absolute Gasteiger partial charge is 0.335 e. The Bertz CT molecular complexity index is 594. The molecule has 2 heteroatoms. The number of unbranched alkanes of at least 4 members (excludes halogenated alkanes) is 1. The highest BCUT2D eigenvalue weighted by atomic mass is 16.5. The lowest BCUT2D eigenvalue weighted by atomic mass is 10.0. The average molecular weight is 280 g/mol. The van der Waals surface area contributed by atoms with Crippen LogP contribution in [0.5, 0.6) is 5.75 Å². The van der Waals surface area contributed by atoms with Crippen molar-refractivity contribution in [3.63, 3.8) is 0 Å². The molecule has 2 aromatic carbocycles. The maximum atomic E-state index is 11.1. The fourth-order valence-electron chi connectivity index (χ4n) is 2.12. The average Bonchev–Trinajstić information content (AvgIpc) is 2.54. The minimum absolute atomic E-state index is 0.442. The molecule has 0 bridgehead atoms. The second-order valence-electron chi connectivity index (χ2n) is 4.95. The molecule has 0 aliphatic heterocycles. The second-order valence-corrected chi connectivity index (χ2v) is 4.95. The molecule has 0 aliphatic carbocycles. The Morgan fingerprint density at radius 3 is 2.14 bits per heavy atom. The van der Waals surface area contributed by atoms with Crippen molar-refractivity contribution < 1.29 is 9.53 Å². The van der Waals surface area contributed by atoms with Gasteiger partial charge in [-0.3, -0.25) is 0 Å². The predicted molar refractivity (Wildman–Crippen MR) is 86.3 cm³/mol. The number of esters is 1. The van der Waals surface area contributed by atoms with E-state index in [2.05, 4.69) is 37.8 Å². The van der Waals surface area contributed by atoms with Crippen LogP contribution in [0.3, 0.4) is 0 Å². The monoisotopic (exact) mass is 280 g/mol. The molecule has 0 saturated carbocycles. The summed E-state index contributed by atoms with van der Waals surface area (Å²) in [6.45, 7) is 5.58. The second kappa shape index (κ2) is 7.44. The topological polar surface area (TPSA) is 26.3 Å². The zero-order valence-electron chi connectivity index (χ0n) is 12.3. The van der Waals surface area contributed by atoms with Crippen molar-refractivity contribution in [3.8, 4) is 16.9 Å². The Kier molecular flexibility index (Phi) is 5.33. The number of carbonyl (C=O) groups excluding carboxylic acids is 1. The van der Waals surface area contributed by atoms with Gasteiger partial charge in [0, 0.05) is 6.08 Å². The molecule has 0 heterocycles. The van der Waals surface area contributed by atoms with Gasteiger partial charge in [0.25, 0.3) is 0 Å². The molecule has 0 radical (unpaired) electrons. The van der Waals surface area contributed by atoms with Gasteiger partial charge in [-0.2, -0.15) is 0 Å². The van der Waals surface area contributed by atoms with Crippen LogP contribution in [0.2, 0.25) is 0 Å². The van der Waals surface area contributed by atoms with Gasteiger partial charge >= 0.3 is 5.97 Å². The van der Waals surface area contributed by atoms with E-state index >= 15 is 0 Å². The van der Waals surface area contributed by atoms with E-state index in [1.165, 1.54) is 18.4 Å². The van der Waals surface area contributed by atoms with E-state index in [-0.39, 0.29) is 0 Å². The molecule has 0 atom stereocenters. The Hall–Kier alpha value is -2.35. The minimum atomic E-state index is -0.442. The van der Waals surface area contributed by atoms with Gasteiger partial charge in [0.15, 0.2) is 0 Å². The van der Waals surface area contributed by atoms with E-state index in [0.29, 0.717) is 5.75 Å². The predicted octanol–water partition coefficient (Wildman–Crippen LogP) is 4.79. The Labute approximate surface area is 126 Å². The summed E-state index contributed by atoms with van der Waals surface area (Å²) in [6.07, 6.45) is 4.73. The zero-order chi connectivity index (χ0) is 15.1. The lowest BCUT2D eigenvalue weighted by Gasteiger charge is -2.06. The highest BCUT2D eigenvalue weighted by Gasteiger charge is 2.02. The molecule has 2 nitrogen and oxygen atoms in total. The van der Waals surface area contributed by atoms with Gasteiger partial charge in [-0.05, 0) is 41.7 Å². The third kappa shape index (κ3) is 4.32. The molecule has 2 aromatic rings. The summed E-state index contributed by atoms with van der Waals surface area (Å²) < 4.78 is 5.06. The molecule has 0 spiro atoms. The van der Waals surface area contributed by atoms with Gasteiger partial charge in [0.2, 0.25) is 0 Å². The Morgan fingerprint density at radius 1 is 1.05 bits per heavy atom. The van der Waals surface area contributed by atoms with Gasteiger partial charge in [-0.25, -0.2) is 4.79 Å². The van der Waals surface area contributed by atoms with E-state index in [0.717, 1.165) is 23.6 Å². The summed E-state index contributed by atoms with van der Waals surface area (Å²) in [5.41, 5.74) is 3.64. The summed E-state index contributed by atoms with van der Waals surface area (Å²) >= 11 is 0. The van der Waals surface area contributed by atoms with Crippen LogP contribution in [0, 0.1) is 0 Å². The van der Waals surface area contributed by atoms with Crippen molar-refractivity contribution in [1.82, 2.24) is 0 Å². The van der Waals surface area contributed by atoms with Gasteiger partial charge in [0.05, 0.1) is 0 Å². The lowest BCUT2D eigenvalue weighted by molar-refractivity contribution is -0.128. The fourth-order valence-corrected chi connectivity index (χ4v) is 2.12. The molecule has 0 aliphatic rings. The van der Waals surface area contributed by atoms with E-state index < -0.39 is 5.97 Å². The Morgan fingerprint density at radius 2 is 1.62 bits per heavy atom. The summed E-state index contributed by atoms with van der Waals surface area (Å²) in [5.74, 6) is 0.0891. The first-order chi connectivity index (χ1) is 10.2. The van der Waals surface area contributed by atoms with Gasteiger partial charge in [0.1, 0.15) is 5.75 Å². The maximum Gasteiger partial charge on any atom is 0.335 e. The van der Waals surface area contributed by atoms with Crippen molar-refractivity contribution in [2.24, 2.45) is 0 Å². The van der Waals surface area contributed by atoms with Crippen LogP contribution in [0.25, 0.3) is 11.1 Å². The SMILES string of the molecule is C=CC(=O)Oc1ccc(-c2ccc(CCCC)cc2)cc1. The highest BCUT2D eigenvalue weighted by Crippen LogP contribution is 2.23. The third-order valence-electron chi connectivity index (χ3n) is 3.35. The van der Waals surface area contributed by atoms with Crippen LogP contribution in [0.1, 0.15) is 25.3 Å². The number of ether oxygens (including phenoxy) is 1. The molecule has 0 unspecified atom stereocenters. The van der Waals surface area contributed by atoms with Gasteiger partial charge in [-0.15, -0.1) is 0 Å². The summed E-state index contributed by atoms with van der Waals surface area (Å²) in [7, 11) is 0.